The number of hydrogen-bond donors (Lipinski definition) is 3. The molecule has 0 unspecified atom stereocenters. The highest BCUT2D eigenvalue weighted by molar-refractivity contribution is 6.03. The van der Waals surface area contributed by atoms with Gasteiger partial charge in [0.25, 0.3) is 5.91 Å². The summed E-state index contributed by atoms with van der Waals surface area (Å²) in [6.45, 7) is 0. The molecule has 0 saturated carbocycles. The monoisotopic (exact) mass is 288 g/mol. The summed E-state index contributed by atoms with van der Waals surface area (Å²) in [5, 5.41) is 2.73. The van der Waals surface area contributed by atoms with E-state index in [0.717, 1.165) is 0 Å². The predicted molar refractivity (Wildman–Crippen MR) is 79.5 cm³/mol. The number of nitrogens with two attached hydrogens (primary N) is 1. The van der Waals surface area contributed by atoms with Crippen molar-refractivity contribution in [2.45, 2.75) is 0 Å². The number of carbonyl (C=O) groups is 1. The lowest BCUT2D eigenvalue weighted by atomic mass is 10.2. The Labute approximate surface area is 122 Å². The van der Waals surface area contributed by atoms with Gasteiger partial charge in [-0.05, 0) is 24.3 Å². The van der Waals surface area contributed by atoms with Gasteiger partial charge in [0.15, 0.2) is 11.5 Å². The number of nitrogens with one attached hydrogen (secondary N) is 2. The SMILES string of the molecule is COc1ccc(NC(=O)c2cc(NN)ccn2)cc1OC. The molecule has 0 saturated heterocycles. The van der Waals surface area contributed by atoms with E-state index in [-0.39, 0.29) is 11.6 Å². The van der Waals surface area contributed by atoms with Gasteiger partial charge in [-0.3, -0.25) is 15.6 Å². The highest BCUT2D eigenvalue weighted by Crippen LogP contribution is 2.29. The molecule has 0 atom stereocenters. The van der Waals surface area contributed by atoms with Crippen LogP contribution in [0.3, 0.4) is 0 Å². The van der Waals surface area contributed by atoms with E-state index in [1.807, 2.05) is 0 Å². The van der Waals surface area contributed by atoms with Gasteiger partial charge >= 0.3 is 0 Å². The van der Waals surface area contributed by atoms with E-state index in [1.54, 1.807) is 37.4 Å². The maximum absolute atomic E-state index is 12.1. The van der Waals surface area contributed by atoms with Crippen molar-refractivity contribution in [1.82, 2.24) is 4.98 Å². The molecule has 1 amide bonds. The summed E-state index contributed by atoms with van der Waals surface area (Å²) in [5.74, 6) is 6.07. The summed E-state index contributed by atoms with van der Waals surface area (Å²) in [4.78, 5) is 16.1. The zero-order valence-electron chi connectivity index (χ0n) is 11.7. The van der Waals surface area contributed by atoms with Crippen LogP contribution in [-0.2, 0) is 0 Å². The number of hydrogen-bond acceptors (Lipinski definition) is 6. The van der Waals surface area contributed by atoms with E-state index in [4.69, 9.17) is 15.3 Å². The number of amides is 1. The van der Waals surface area contributed by atoms with Gasteiger partial charge in [-0.15, -0.1) is 0 Å². The highest BCUT2D eigenvalue weighted by atomic mass is 16.5. The van der Waals surface area contributed by atoms with Crippen LogP contribution in [0.4, 0.5) is 11.4 Å². The van der Waals surface area contributed by atoms with Crippen molar-refractivity contribution in [3.05, 3.63) is 42.2 Å². The van der Waals surface area contributed by atoms with Crippen molar-refractivity contribution in [2.75, 3.05) is 25.0 Å². The van der Waals surface area contributed by atoms with Crippen LogP contribution in [0, 0.1) is 0 Å². The fourth-order valence-corrected chi connectivity index (χ4v) is 1.75. The van der Waals surface area contributed by atoms with Crippen molar-refractivity contribution < 1.29 is 14.3 Å². The topological polar surface area (TPSA) is 98.5 Å². The number of nitrogens with zero attached hydrogens (tertiary/aromatic N) is 1. The molecule has 2 rings (SSSR count). The molecule has 0 aliphatic heterocycles. The molecular weight excluding hydrogens is 272 g/mol. The minimum absolute atomic E-state index is 0.250. The number of rotatable bonds is 5. The second kappa shape index (κ2) is 6.58. The lowest BCUT2D eigenvalue weighted by Gasteiger charge is -2.10. The first-order valence-corrected chi connectivity index (χ1v) is 6.14. The summed E-state index contributed by atoms with van der Waals surface area (Å²) in [7, 11) is 3.08. The van der Waals surface area contributed by atoms with Crippen molar-refractivity contribution >= 4 is 17.3 Å². The quantitative estimate of drug-likeness (QED) is 0.571. The molecule has 1 heterocycles. The van der Waals surface area contributed by atoms with Gasteiger partial charge < -0.3 is 20.2 Å². The Kier molecular flexibility index (Phi) is 4.57. The van der Waals surface area contributed by atoms with Crippen LogP contribution >= 0.6 is 0 Å². The van der Waals surface area contributed by atoms with Crippen LogP contribution in [0.5, 0.6) is 11.5 Å². The number of carbonyl (C=O) groups excluding carboxylic acids is 1. The van der Waals surface area contributed by atoms with Crippen LogP contribution < -0.4 is 26.1 Å². The summed E-state index contributed by atoms with van der Waals surface area (Å²) in [6.07, 6.45) is 1.50. The van der Waals surface area contributed by atoms with Crippen LogP contribution in [0.2, 0.25) is 0 Å². The van der Waals surface area contributed by atoms with Crippen LogP contribution in [0.25, 0.3) is 0 Å². The maximum atomic E-state index is 12.1. The third kappa shape index (κ3) is 3.40. The Balaban J connectivity index is 2.19. The van der Waals surface area contributed by atoms with Crippen molar-refractivity contribution in [3.8, 4) is 11.5 Å². The Morgan fingerprint density at radius 2 is 1.86 bits per heavy atom. The molecule has 0 spiro atoms. The number of nitrogen functional groups attached to an aromatic ring is 1. The van der Waals surface area contributed by atoms with E-state index >= 15 is 0 Å². The molecule has 110 valence electrons. The molecular formula is C14H16N4O3. The third-order valence-corrected chi connectivity index (χ3v) is 2.80. The van der Waals surface area contributed by atoms with Crippen molar-refractivity contribution in [2.24, 2.45) is 5.84 Å². The maximum Gasteiger partial charge on any atom is 0.274 e. The Hall–Kier alpha value is -2.80. The van der Waals surface area contributed by atoms with E-state index in [2.05, 4.69) is 15.7 Å². The van der Waals surface area contributed by atoms with Gasteiger partial charge in [0.1, 0.15) is 5.69 Å². The Bertz CT molecular complexity index is 646. The number of anilines is 2. The summed E-state index contributed by atoms with van der Waals surface area (Å²) < 4.78 is 10.3. The molecule has 21 heavy (non-hydrogen) atoms. The second-order valence-corrected chi connectivity index (χ2v) is 4.10. The van der Waals surface area contributed by atoms with Gasteiger partial charge in [0.2, 0.25) is 0 Å². The smallest absolute Gasteiger partial charge is 0.274 e. The first-order valence-electron chi connectivity index (χ1n) is 6.14. The summed E-state index contributed by atoms with van der Waals surface area (Å²) in [6, 6.07) is 8.30. The van der Waals surface area contributed by atoms with Gasteiger partial charge in [-0.1, -0.05) is 0 Å². The van der Waals surface area contributed by atoms with Gasteiger partial charge in [0.05, 0.1) is 19.9 Å². The number of hydrazine groups is 1. The van der Waals surface area contributed by atoms with Crippen LogP contribution in [0.15, 0.2) is 36.5 Å². The molecule has 0 aliphatic carbocycles. The fourth-order valence-electron chi connectivity index (χ4n) is 1.75. The number of methoxy groups -OCH3 is 2. The predicted octanol–water partition coefficient (Wildman–Crippen LogP) is 1.64. The average molecular weight is 288 g/mol. The second-order valence-electron chi connectivity index (χ2n) is 4.10. The lowest BCUT2D eigenvalue weighted by molar-refractivity contribution is 0.102. The molecule has 0 radical (unpaired) electrons. The van der Waals surface area contributed by atoms with Gasteiger partial charge in [0, 0.05) is 18.0 Å². The van der Waals surface area contributed by atoms with Crippen molar-refractivity contribution in [3.63, 3.8) is 0 Å². The van der Waals surface area contributed by atoms with Gasteiger partial charge in [-0.25, -0.2) is 0 Å². The first-order chi connectivity index (χ1) is 10.2. The average Bonchev–Trinajstić information content (AvgIpc) is 2.54. The van der Waals surface area contributed by atoms with Gasteiger partial charge in [-0.2, -0.15) is 0 Å². The third-order valence-electron chi connectivity index (χ3n) is 2.80. The van der Waals surface area contributed by atoms with Crippen LogP contribution in [-0.4, -0.2) is 25.1 Å². The number of benzene rings is 1. The minimum Gasteiger partial charge on any atom is -0.493 e. The highest BCUT2D eigenvalue weighted by Gasteiger charge is 2.10. The van der Waals surface area contributed by atoms with E-state index in [0.29, 0.717) is 22.9 Å². The largest absolute Gasteiger partial charge is 0.493 e. The molecule has 0 aliphatic rings. The molecule has 4 N–H and O–H groups in total. The molecule has 0 fully saturated rings. The standard InChI is InChI=1S/C14H16N4O3/c1-20-12-4-3-9(8-13(12)21-2)17-14(19)11-7-10(18-15)5-6-16-11/h3-8H,15H2,1-2H3,(H,16,18)(H,17,19). The summed E-state index contributed by atoms with van der Waals surface area (Å²) >= 11 is 0. The molecule has 7 heteroatoms. The normalized spacial score (nSPS) is 9.86. The number of aromatic nitrogens is 1. The number of pyridine rings is 1. The van der Waals surface area contributed by atoms with E-state index < -0.39 is 0 Å². The lowest BCUT2D eigenvalue weighted by Crippen LogP contribution is -2.15. The minimum atomic E-state index is -0.348. The first kappa shape index (κ1) is 14.6. The molecule has 2 aromatic rings. The zero-order chi connectivity index (χ0) is 15.2. The fraction of sp³-hybridized carbons (Fsp3) is 0.143. The molecule has 7 nitrogen and oxygen atoms in total. The van der Waals surface area contributed by atoms with E-state index in [1.165, 1.54) is 13.3 Å². The van der Waals surface area contributed by atoms with E-state index in [9.17, 15) is 4.79 Å². The van der Waals surface area contributed by atoms with Crippen LogP contribution in [0.1, 0.15) is 10.5 Å². The molecule has 1 aromatic carbocycles. The summed E-state index contributed by atoms with van der Waals surface area (Å²) in [5.41, 5.74) is 3.89. The number of ether oxygens (including phenoxy) is 2. The molecule has 1 aromatic heterocycles. The van der Waals surface area contributed by atoms with Crippen molar-refractivity contribution in [1.29, 1.82) is 0 Å². The Morgan fingerprint density at radius 3 is 2.52 bits per heavy atom. The molecule has 0 bridgehead atoms. The zero-order valence-corrected chi connectivity index (χ0v) is 11.7. The Morgan fingerprint density at radius 1 is 1.10 bits per heavy atom.